The van der Waals surface area contributed by atoms with Crippen LogP contribution in [0, 0.1) is 5.92 Å². The summed E-state index contributed by atoms with van der Waals surface area (Å²) in [5.41, 5.74) is 0.397. The van der Waals surface area contributed by atoms with Crippen molar-refractivity contribution < 1.29 is 4.74 Å². The maximum atomic E-state index is 5.42. The van der Waals surface area contributed by atoms with E-state index in [1.807, 2.05) is 7.11 Å². The normalized spacial score (nSPS) is 28.9. The number of rotatable bonds is 5. The second kappa shape index (κ2) is 7.24. The van der Waals surface area contributed by atoms with Gasteiger partial charge in [-0.1, -0.05) is 33.1 Å². The van der Waals surface area contributed by atoms with Crippen molar-refractivity contribution in [3.8, 4) is 0 Å². The van der Waals surface area contributed by atoms with Crippen molar-refractivity contribution in [1.29, 1.82) is 0 Å². The number of methoxy groups -OCH3 is 1. The Morgan fingerprint density at radius 2 is 1.90 bits per heavy atom. The number of nitrogens with one attached hydrogen (secondary N) is 1. The predicted molar refractivity (Wildman–Crippen MR) is 85.1 cm³/mol. The lowest BCUT2D eigenvalue weighted by molar-refractivity contribution is -0.00335. The smallest absolute Gasteiger partial charge is 0.0615 e. The van der Waals surface area contributed by atoms with Gasteiger partial charge in [0.2, 0.25) is 0 Å². The van der Waals surface area contributed by atoms with Gasteiger partial charge in [0.25, 0.3) is 0 Å². The summed E-state index contributed by atoms with van der Waals surface area (Å²) >= 11 is 0. The monoisotopic (exact) mass is 282 g/mol. The van der Waals surface area contributed by atoms with Gasteiger partial charge in [0.1, 0.15) is 0 Å². The van der Waals surface area contributed by atoms with Crippen LogP contribution in [-0.2, 0) is 4.74 Å². The van der Waals surface area contributed by atoms with Crippen molar-refractivity contribution >= 4 is 0 Å². The maximum absolute atomic E-state index is 5.42. The van der Waals surface area contributed by atoms with Gasteiger partial charge in [0.15, 0.2) is 0 Å². The number of hydrogen-bond acceptors (Lipinski definition) is 3. The molecule has 1 heterocycles. The molecule has 0 radical (unpaired) electrons. The van der Waals surface area contributed by atoms with E-state index in [4.69, 9.17) is 4.74 Å². The molecule has 1 aliphatic heterocycles. The average Bonchev–Trinajstić information content (AvgIpc) is 2.42. The third-order valence-electron chi connectivity index (χ3n) is 5.20. The van der Waals surface area contributed by atoms with Crippen LogP contribution in [0.2, 0.25) is 0 Å². The molecule has 2 rings (SSSR count). The van der Waals surface area contributed by atoms with Crippen molar-refractivity contribution in [2.45, 2.75) is 76.9 Å². The molecule has 2 atom stereocenters. The van der Waals surface area contributed by atoms with E-state index in [-0.39, 0.29) is 0 Å². The first kappa shape index (κ1) is 16.3. The van der Waals surface area contributed by atoms with Crippen LogP contribution in [-0.4, -0.2) is 49.3 Å². The minimum atomic E-state index is 0.397. The van der Waals surface area contributed by atoms with E-state index in [0.29, 0.717) is 17.6 Å². The molecule has 1 aliphatic carbocycles. The first-order valence-electron chi connectivity index (χ1n) is 8.56. The highest BCUT2D eigenvalue weighted by Crippen LogP contribution is 2.33. The third-order valence-corrected chi connectivity index (χ3v) is 5.20. The molecular weight excluding hydrogens is 248 g/mol. The predicted octanol–water partition coefficient (Wildman–Crippen LogP) is 3.04. The lowest BCUT2D eigenvalue weighted by Crippen LogP contribution is -2.67. The van der Waals surface area contributed by atoms with Crippen LogP contribution in [0.3, 0.4) is 0 Å². The van der Waals surface area contributed by atoms with Gasteiger partial charge in [-0.3, -0.25) is 4.90 Å². The van der Waals surface area contributed by atoms with Crippen LogP contribution < -0.4 is 5.32 Å². The zero-order chi connectivity index (χ0) is 14.6. The number of ether oxygens (including phenoxy) is 1. The van der Waals surface area contributed by atoms with Gasteiger partial charge in [-0.25, -0.2) is 0 Å². The summed E-state index contributed by atoms with van der Waals surface area (Å²) in [5.74, 6) is 0.763. The highest BCUT2D eigenvalue weighted by atomic mass is 16.5. The standard InChI is InChI=1S/C17H34N2O/c1-14(2)10-16-11-18-17(8-6-5-7-9-17)13-19(16)15(3)12-20-4/h14-16,18H,5-13H2,1-4H3. The molecule has 0 bridgehead atoms. The van der Waals surface area contributed by atoms with Gasteiger partial charge in [-0.15, -0.1) is 0 Å². The summed E-state index contributed by atoms with van der Waals surface area (Å²) in [6.07, 6.45) is 8.22. The topological polar surface area (TPSA) is 24.5 Å². The molecule has 0 aromatic carbocycles. The fraction of sp³-hybridized carbons (Fsp3) is 1.00. The van der Waals surface area contributed by atoms with E-state index in [1.54, 1.807) is 0 Å². The number of piperazine rings is 1. The van der Waals surface area contributed by atoms with Gasteiger partial charge in [0.05, 0.1) is 6.61 Å². The number of nitrogens with zero attached hydrogens (tertiary/aromatic N) is 1. The van der Waals surface area contributed by atoms with Crippen LogP contribution >= 0.6 is 0 Å². The van der Waals surface area contributed by atoms with Crippen molar-refractivity contribution in [3.63, 3.8) is 0 Å². The van der Waals surface area contributed by atoms with Gasteiger partial charge in [-0.05, 0) is 32.1 Å². The second-order valence-corrected chi connectivity index (χ2v) is 7.48. The largest absolute Gasteiger partial charge is 0.383 e. The van der Waals surface area contributed by atoms with E-state index in [9.17, 15) is 0 Å². The molecule has 20 heavy (non-hydrogen) atoms. The van der Waals surface area contributed by atoms with E-state index in [2.05, 4.69) is 31.0 Å². The highest BCUT2D eigenvalue weighted by molar-refractivity contribution is 5.01. The molecule has 0 amide bonds. The average molecular weight is 282 g/mol. The summed E-state index contributed by atoms with van der Waals surface area (Å²) in [5, 5.41) is 3.93. The lowest BCUT2D eigenvalue weighted by Gasteiger charge is -2.52. The third kappa shape index (κ3) is 3.96. The molecule has 1 saturated carbocycles. The molecule has 2 aliphatic rings. The van der Waals surface area contributed by atoms with Gasteiger partial charge >= 0.3 is 0 Å². The van der Waals surface area contributed by atoms with Crippen LogP contribution in [0.1, 0.15) is 59.3 Å². The summed E-state index contributed by atoms with van der Waals surface area (Å²) in [7, 11) is 1.83. The number of hydrogen-bond donors (Lipinski definition) is 1. The molecule has 3 heteroatoms. The minimum Gasteiger partial charge on any atom is -0.383 e. The van der Waals surface area contributed by atoms with Gasteiger partial charge < -0.3 is 10.1 Å². The maximum Gasteiger partial charge on any atom is 0.0615 e. The first-order valence-corrected chi connectivity index (χ1v) is 8.56. The Balaban J connectivity index is 2.05. The molecule has 3 nitrogen and oxygen atoms in total. The SMILES string of the molecule is COCC(C)N1CC2(CCCCC2)NCC1CC(C)C. The van der Waals surface area contributed by atoms with Gasteiger partial charge in [-0.2, -0.15) is 0 Å². The minimum absolute atomic E-state index is 0.397. The Bertz CT molecular complexity index is 287. The van der Waals surface area contributed by atoms with Crippen molar-refractivity contribution in [2.75, 3.05) is 26.8 Å². The zero-order valence-corrected chi connectivity index (χ0v) is 14.0. The van der Waals surface area contributed by atoms with Crippen molar-refractivity contribution in [2.24, 2.45) is 5.92 Å². The summed E-state index contributed by atoms with van der Waals surface area (Å²) in [6, 6.07) is 1.21. The second-order valence-electron chi connectivity index (χ2n) is 7.48. The Kier molecular flexibility index (Phi) is 5.88. The summed E-state index contributed by atoms with van der Waals surface area (Å²) < 4.78 is 5.42. The summed E-state index contributed by atoms with van der Waals surface area (Å²) in [6.45, 7) is 10.2. The van der Waals surface area contributed by atoms with E-state index in [0.717, 1.165) is 19.1 Å². The van der Waals surface area contributed by atoms with E-state index < -0.39 is 0 Å². The molecule has 0 aromatic rings. The van der Waals surface area contributed by atoms with Crippen LogP contribution in [0.15, 0.2) is 0 Å². The van der Waals surface area contributed by atoms with Gasteiger partial charge in [0, 0.05) is 37.8 Å². The van der Waals surface area contributed by atoms with Crippen LogP contribution in [0.25, 0.3) is 0 Å². The Morgan fingerprint density at radius 3 is 2.50 bits per heavy atom. The fourth-order valence-corrected chi connectivity index (χ4v) is 4.17. The lowest BCUT2D eigenvalue weighted by atomic mass is 9.78. The Labute approximate surface area is 125 Å². The quantitative estimate of drug-likeness (QED) is 0.839. The van der Waals surface area contributed by atoms with E-state index >= 15 is 0 Å². The van der Waals surface area contributed by atoms with Crippen molar-refractivity contribution in [3.05, 3.63) is 0 Å². The zero-order valence-electron chi connectivity index (χ0n) is 14.0. The molecule has 2 fully saturated rings. The molecule has 2 unspecified atom stereocenters. The summed E-state index contributed by atoms with van der Waals surface area (Å²) in [4.78, 5) is 2.74. The Morgan fingerprint density at radius 1 is 1.20 bits per heavy atom. The fourth-order valence-electron chi connectivity index (χ4n) is 4.17. The molecular formula is C17H34N2O. The first-order chi connectivity index (χ1) is 9.56. The van der Waals surface area contributed by atoms with Crippen LogP contribution in [0.5, 0.6) is 0 Å². The Hall–Kier alpha value is -0.120. The molecule has 118 valence electrons. The van der Waals surface area contributed by atoms with E-state index in [1.165, 1.54) is 45.1 Å². The molecule has 1 N–H and O–H groups in total. The van der Waals surface area contributed by atoms with Crippen molar-refractivity contribution in [1.82, 2.24) is 10.2 Å². The molecule has 0 aromatic heterocycles. The molecule has 1 saturated heterocycles. The molecule has 1 spiro atoms. The van der Waals surface area contributed by atoms with Crippen LogP contribution in [0.4, 0.5) is 0 Å². The highest BCUT2D eigenvalue weighted by Gasteiger charge is 2.41.